The highest BCUT2D eigenvalue weighted by atomic mass is 16.2. The van der Waals surface area contributed by atoms with Gasteiger partial charge in [0.05, 0.1) is 11.6 Å². The summed E-state index contributed by atoms with van der Waals surface area (Å²) in [6.07, 6.45) is 0.280. The number of anilines is 1. The van der Waals surface area contributed by atoms with Crippen molar-refractivity contribution in [1.29, 1.82) is 5.26 Å². The van der Waals surface area contributed by atoms with Crippen LogP contribution in [0.2, 0.25) is 0 Å². The van der Waals surface area contributed by atoms with Crippen LogP contribution in [0.25, 0.3) is 0 Å². The van der Waals surface area contributed by atoms with Crippen molar-refractivity contribution in [2.24, 2.45) is 0 Å². The molecule has 0 atom stereocenters. The van der Waals surface area contributed by atoms with E-state index in [0.29, 0.717) is 17.8 Å². The lowest BCUT2D eigenvalue weighted by atomic mass is 10.1. The van der Waals surface area contributed by atoms with Crippen LogP contribution in [0.3, 0.4) is 0 Å². The second-order valence-electron chi connectivity index (χ2n) is 3.87. The van der Waals surface area contributed by atoms with Crippen molar-refractivity contribution in [3.63, 3.8) is 0 Å². The third-order valence-electron chi connectivity index (χ3n) is 2.68. The minimum absolute atomic E-state index is 0.264. The van der Waals surface area contributed by atoms with Crippen molar-refractivity contribution < 1.29 is 9.59 Å². The smallest absolute Gasteiger partial charge is 0.293 e. The molecular formula is C12H11N3O2. The summed E-state index contributed by atoms with van der Waals surface area (Å²) in [6.45, 7) is 2.21. The zero-order valence-corrected chi connectivity index (χ0v) is 9.36. The van der Waals surface area contributed by atoms with Gasteiger partial charge in [0.15, 0.2) is 0 Å². The molecule has 0 aliphatic carbocycles. The van der Waals surface area contributed by atoms with E-state index in [-0.39, 0.29) is 12.3 Å². The van der Waals surface area contributed by atoms with E-state index in [4.69, 9.17) is 5.26 Å². The van der Waals surface area contributed by atoms with Crippen LogP contribution in [0.15, 0.2) is 18.2 Å². The molecule has 1 aromatic rings. The standard InChI is InChI=1S/C12H11N3O2/c1-8-2-3-9(7-13)6-10(8)15-5-4-11(16)14-12(15)17/h2-3,6H,4-5H2,1H3,(H,14,16,17). The van der Waals surface area contributed by atoms with E-state index in [0.717, 1.165) is 5.56 Å². The Morgan fingerprint density at radius 1 is 1.41 bits per heavy atom. The molecule has 0 spiro atoms. The summed E-state index contributed by atoms with van der Waals surface area (Å²) in [5.74, 6) is -0.264. The molecule has 3 amide bonds. The molecule has 1 heterocycles. The van der Waals surface area contributed by atoms with Gasteiger partial charge in [0, 0.05) is 18.7 Å². The minimum Gasteiger partial charge on any atom is -0.293 e. The Balaban J connectivity index is 2.37. The van der Waals surface area contributed by atoms with Gasteiger partial charge in [-0.1, -0.05) is 6.07 Å². The lowest BCUT2D eigenvalue weighted by Crippen LogP contribution is -2.49. The summed E-state index contributed by atoms with van der Waals surface area (Å²) >= 11 is 0. The van der Waals surface area contributed by atoms with Crippen molar-refractivity contribution in [3.8, 4) is 6.07 Å². The Hall–Kier alpha value is -2.35. The molecule has 1 aliphatic heterocycles. The van der Waals surface area contributed by atoms with Crippen LogP contribution in [-0.4, -0.2) is 18.5 Å². The molecule has 1 aromatic carbocycles. The number of nitrogens with zero attached hydrogens (tertiary/aromatic N) is 2. The number of amides is 3. The van der Waals surface area contributed by atoms with Crippen LogP contribution in [0.1, 0.15) is 17.5 Å². The lowest BCUT2D eigenvalue weighted by molar-refractivity contribution is -0.120. The maximum absolute atomic E-state index is 11.7. The summed E-state index contributed by atoms with van der Waals surface area (Å²) in [5, 5.41) is 11.1. The molecule has 0 saturated carbocycles. The first-order valence-electron chi connectivity index (χ1n) is 5.24. The van der Waals surface area contributed by atoms with E-state index in [1.165, 1.54) is 4.90 Å². The summed E-state index contributed by atoms with van der Waals surface area (Å²) in [4.78, 5) is 24.2. The van der Waals surface area contributed by atoms with Gasteiger partial charge in [-0.05, 0) is 24.6 Å². The molecule has 17 heavy (non-hydrogen) atoms. The van der Waals surface area contributed by atoms with Crippen molar-refractivity contribution >= 4 is 17.6 Å². The number of carbonyl (C=O) groups is 2. The van der Waals surface area contributed by atoms with E-state index < -0.39 is 6.03 Å². The monoisotopic (exact) mass is 229 g/mol. The van der Waals surface area contributed by atoms with E-state index >= 15 is 0 Å². The predicted octanol–water partition coefficient (Wildman–Crippen LogP) is 1.31. The molecule has 0 unspecified atom stereocenters. The van der Waals surface area contributed by atoms with Crippen LogP contribution in [0, 0.1) is 18.3 Å². The number of urea groups is 1. The molecule has 1 fully saturated rings. The van der Waals surface area contributed by atoms with Crippen molar-refractivity contribution in [2.75, 3.05) is 11.4 Å². The number of imide groups is 1. The lowest BCUT2D eigenvalue weighted by Gasteiger charge is -2.27. The van der Waals surface area contributed by atoms with E-state index in [1.54, 1.807) is 18.2 Å². The molecule has 0 aromatic heterocycles. The van der Waals surface area contributed by atoms with Crippen LogP contribution < -0.4 is 10.2 Å². The zero-order valence-electron chi connectivity index (χ0n) is 9.36. The Morgan fingerprint density at radius 2 is 2.18 bits per heavy atom. The van der Waals surface area contributed by atoms with Gasteiger partial charge in [0.1, 0.15) is 0 Å². The Labute approximate surface area is 98.6 Å². The summed E-state index contributed by atoms with van der Waals surface area (Å²) in [7, 11) is 0. The van der Waals surface area contributed by atoms with Crippen LogP contribution in [0.4, 0.5) is 10.5 Å². The largest absolute Gasteiger partial charge is 0.328 e. The Kier molecular flexibility index (Phi) is 2.79. The molecule has 86 valence electrons. The third-order valence-corrected chi connectivity index (χ3v) is 2.68. The molecule has 5 nitrogen and oxygen atoms in total. The van der Waals surface area contributed by atoms with Crippen molar-refractivity contribution in [2.45, 2.75) is 13.3 Å². The molecular weight excluding hydrogens is 218 g/mol. The van der Waals surface area contributed by atoms with Gasteiger partial charge < -0.3 is 0 Å². The van der Waals surface area contributed by atoms with Crippen LogP contribution >= 0.6 is 0 Å². The highest BCUT2D eigenvalue weighted by Gasteiger charge is 2.25. The fourth-order valence-electron chi connectivity index (χ4n) is 1.76. The molecule has 1 N–H and O–H groups in total. The van der Waals surface area contributed by atoms with Crippen molar-refractivity contribution in [1.82, 2.24) is 5.32 Å². The van der Waals surface area contributed by atoms with Gasteiger partial charge in [0.2, 0.25) is 5.91 Å². The van der Waals surface area contributed by atoms with E-state index in [9.17, 15) is 9.59 Å². The highest BCUT2D eigenvalue weighted by molar-refractivity contribution is 6.05. The first-order valence-corrected chi connectivity index (χ1v) is 5.24. The van der Waals surface area contributed by atoms with Gasteiger partial charge in [-0.25, -0.2) is 4.79 Å². The topological polar surface area (TPSA) is 73.2 Å². The molecule has 1 aliphatic rings. The highest BCUT2D eigenvalue weighted by Crippen LogP contribution is 2.23. The second kappa shape index (κ2) is 4.26. The fraction of sp³-hybridized carbons (Fsp3) is 0.250. The first-order chi connectivity index (χ1) is 8.11. The van der Waals surface area contributed by atoms with Gasteiger partial charge in [-0.3, -0.25) is 15.0 Å². The van der Waals surface area contributed by atoms with Crippen LogP contribution in [-0.2, 0) is 4.79 Å². The van der Waals surface area contributed by atoms with Gasteiger partial charge in [-0.15, -0.1) is 0 Å². The number of hydrogen-bond donors (Lipinski definition) is 1. The maximum Gasteiger partial charge on any atom is 0.328 e. The number of rotatable bonds is 1. The minimum atomic E-state index is -0.431. The normalized spacial score (nSPS) is 15.4. The Morgan fingerprint density at radius 3 is 2.82 bits per heavy atom. The van der Waals surface area contributed by atoms with Gasteiger partial charge in [0.25, 0.3) is 0 Å². The fourth-order valence-corrected chi connectivity index (χ4v) is 1.76. The quantitative estimate of drug-likeness (QED) is 0.789. The average Bonchev–Trinajstić information content (AvgIpc) is 2.30. The number of hydrogen-bond acceptors (Lipinski definition) is 3. The third kappa shape index (κ3) is 2.11. The summed E-state index contributed by atoms with van der Waals surface area (Å²) < 4.78 is 0. The second-order valence-corrected chi connectivity index (χ2v) is 3.87. The molecule has 0 radical (unpaired) electrons. The number of carbonyl (C=O) groups excluding carboxylic acids is 2. The summed E-state index contributed by atoms with van der Waals surface area (Å²) in [6, 6.07) is 6.75. The zero-order chi connectivity index (χ0) is 12.4. The SMILES string of the molecule is Cc1ccc(C#N)cc1N1CCC(=O)NC1=O. The van der Waals surface area contributed by atoms with Gasteiger partial charge >= 0.3 is 6.03 Å². The molecule has 2 rings (SSSR count). The van der Waals surface area contributed by atoms with Crippen molar-refractivity contribution in [3.05, 3.63) is 29.3 Å². The van der Waals surface area contributed by atoms with E-state index in [2.05, 4.69) is 5.32 Å². The molecule has 0 bridgehead atoms. The number of benzene rings is 1. The first kappa shape index (κ1) is 11.1. The van der Waals surface area contributed by atoms with E-state index in [1.807, 2.05) is 13.0 Å². The maximum atomic E-state index is 11.7. The Bertz CT molecular complexity index is 531. The number of nitrogens with one attached hydrogen (secondary N) is 1. The average molecular weight is 229 g/mol. The van der Waals surface area contributed by atoms with Crippen LogP contribution in [0.5, 0.6) is 0 Å². The van der Waals surface area contributed by atoms with Gasteiger partial charge in [-0.2, -0.15) is 5.26 Å². The number of nitriles is 1. The molecule has 5 heteroatoms. The predicted molar refractivity (Wildman–Crippen MR) is 61.4 cm³/mol. The summed E-state index contributed by atoms with van der Waals surface area (Å²) in [5.41, 5.74) is 2.07. The molecule has 1 saturated heterocycles. The number of aryl methyl sites for hydroxylation is 1.